The van der Waals surface area contributed by atoms with Gasteiger partial charge in [-0.3, -0.25) is 5.32 Å². The van der Waals surface area contributed by atoms with Crippen molar-refractivity contribution in [1.82, 2.24) is 5.32 Å². The van der Waals surface area contributed by atoms with Gasteiger partial charge in [0.25, 0.3) is 0 Å². The molecule has 0 aliphatic heterocycles. The van der Waals surface area contributed by atoms with Crippen LogP contribution < -0.4 is 5.32 Å². The monoisotopic (exact) mass is 262 g/mol. The molecule has 0 fully saturated rings. The largest absolute Gasteiger partial charge is 0.300 e. The first-order valence-electron chi connectivity index (χ1n) is 6.38. The predicted molar refractivity (Wildman–Crippen MR) is 78.8 cm³/mol. The summed E-state index contributed by atoms with van der Waals surface area (Å²) in [6, 6.07) is 10.9. The molecule has 2 atom stereocenters. The van der Waals surface area contributed by atoms with E-state index in [9.17, 15) is 5.26 Å². The molecule has 0 saturated heterocycles. The van der Waals surface area contributed by atoms with Crippen LogP contribution in [0.3, 0.4) is 0 Å². The number of nitrogens with one attached hydrogen (secondary N) is 1. The summed E-state index contributed by atoms with van der Waals surface area (Å²) in [5.41, 5.74) is 0.854. The molecule has 0 aliphatic carbocycles. The zero-order chi connectivity index (χ0) is 13.6. The summed E-state index contributed by atoms with van der Waals surface area (Å²) in [7, 11) is 0. The molecule has 0 aliphatic rings. The lowest BCUT2D eigenvalue weighted by Gasteiger charge is -2.25. The average Bonchev–Trinajstić information content (AvgIpc) is 2.29. The van der Waals surface area contributed by atoms with Crippen LogP contribution >= 0.6 is 11.8 Å². The number of rotatable bonds is 6. The van der Waals surface area contributed by atoms with Gasteiger partial charge in [0, 0.05) is 10.1 Å². The molecule has 18 heavy (non-hydrogen) atoms. The third-order valence-corrected chi connectivity index (χ3v) is 3.93. The minimum absolute atomic E-state index is 0.412. The molecule has 0 saturated carbocycles. The maximum absolute atomic E-state index is 9.25. The fraction of sp³-hybridized carbons (Fsp3) is 0.533. The normalized spacial score (nSPS) is 15.7. The summed E-state index contributed by atoms with van der Waals surface area (Å²) in [6.07, 6.45) is 0.843. The van der Waals surface area contributed by atoms with Crippen LogP contribution in [-0.4, -0.2) is 17.3 Å². The SMILES string of the molecule is CCNC(C)(C#N)CC(C)Sc1cccc(C)c1. The highest BCUT2D eigenvalue weighted by Gasteiger charge is 2.25. The summed E-state index contributed by atoms with van der Waals surface area (Å²) in [6.45, 7) is 9.12. The van der Waals surface area contributed by atoms with E-state index >= 15 is 0 Å². The Hall–Kier alpha value is -0.980. The van der Waals surface area contributed by atoms with Crippen LogP contribution in [0.4, 0.5) is 0 Å². The van der Waals surface area contributed by atoms with Gasteiger partial charge in [0.05, 0.1) is 6.07 Å². The van der Waals surface area contributed by atoms with Crippen LogP contribution in [0.15, 0.2) is 29.2 Å². The molecule has 1 N–H and O–H groups in total. The lowest BCUT2D eigenvalue weighted by Crippen LogP contribution is -2.42. The Balaban J connectivity index is 2.61. The lowest BCUT2D eigenvalue weighted by atomic mass is 9.98. The molecule has 0 bridgehead atoms. The number of nitrogens with zero attached hydrogens (tertiary/aromatic N) is 1. The van der Waals surface area contributed by atoms with Crippen LogP contribution in [0.5, 0.6) is 0 Å². The Bertz CT molecular complexity index is 425. The first-order valence-corrected chi connectivity index (χ1v) is 7.26. The zero-order valence-corrected chi connectivity index (χ0v) is 12.5. The van der Waals surface area contributed by atoms with Crippen LogP contribution in [-0.2, 0) is 0 Å². The molecule has 0 heterocycles. The van der Waals surface area contributed by atoms with Gasteiger partial charge in [0.1, 0.15) is 5.54 Å². The fourth-order valence-electron chi connectivity index (χ4n) is 2.09. The second-order valence-electron chi connectivity index (χ2n) is 4.92. The molecule has 0 spiro atoms. The van der Waals surface area contributed by atoms with Crippen molar-refractivity contribution in [2.75, 3.05) is 6.54 Å². The van der Waals surface area contributed by atoms with Gasteiger partial charge in [-0.05, 0) is 38.9 Å². The molecule has 98 valence electrons. The average molecular weight is 262 g/mol. The summed E-state index contributed by atoms with van der Waals surface area (Å²) < 4.78 is 0. The van der Waals surface area contributed by atoms with Crippen molar-refractivity contribution in [1.29, 1.82) is 5.26 Å². The van der Waals surface area contributed by atoms with Crippen molar-refractivity contribution in [3.05, 3.63) is 29.8 Å². The molecule has 2 unspecified atom stereocenters. The lowest BCUT2D eigenvalue weighted by molar-refractivity contribution is 0.429. The van der Waals surface area contributed by atoms with E-state index in [-0.39, 0.29) is 0 Å². The number of hydrogen-bond acceptors (Lipinski definition) is 3. The highest BCUT2D eigenvalue weighted by atomic mass is 32.2. The molecule has 3 heteroatoms. The molecule has 0 amide bonds. The van der Waals surface area contributed by atoms with E-state index in [0.717, 1.165) is 13.0 Å². The second kappa shape index (κ2) is 6.82. The number of nitriles is 1. The number of aryl methyl sites for hydroxylation is 1. The second-order valence-corrected chi connectivity index (χ2v) is 6.44. The first-order chi connectivity index (χ1) is 8.49. The number of thioether (sulfide) groups is 1. The smallest absolute Gasteiger partial charge is 0.104 e. The standard InChI is InChI=1S/C15H22N2S/c1-5-17-15(4,11-16)10-13(3)18-14-8-6-7-12(2)9-14/h6-9,13,17H,5,10H2,1-4H3. The topological polar surface area (TPSA) is 35.8 Å². The molecule has 0 radical (unpaired) electrons. The Morgan fingerprint density at radius 3 is 2.78 bits per heavy atom. The van der Waals surface area contributed by atoms with Crippen LogP contribution in [0, 0.1) is 18.3 Å². The molecule has 0 aromatic heterocycles. The number of hydrogen-bond donors (Lipinski definition) is 1. The van der Waals surface area contributed by atoms with Gasteiger partial charge in [-0.1, -0.05) is 31.5 Å². The van der Waals surface area contributed by atoms with E-state index in [4.69, 9.17) is 0 Å². The van der Waals surface area contributed by atoms with Crippen LogP contribution in [0.2, 0.25) is 0 Å². The van der Waals surface area contributed by atoms with Crippen molar-refractivity contribution in [3.8, 4) is 6.07 Å². The molecular weight excluding hydrogens is 240 g/mol. The van der Waals surface area contributed by atoms with E-state index in [1.165, 1.54) is 10.5 Å². The summed E-state index contributed by atoms with van der Waals surface area (Å²) in [4.78, 5) is 1.28. The first kappa shape index (κ1) is 15.1. The van der Waals surface area contributed by atoms with Crippen LogP contribution in [0.25, 0.3) is 0 Å². The predicted octanol–water partition coefficient (Wildman–Crippen LogP) is 3.76. The minimum atomic E-state index is -0.426. The maximum atomic E-state index is 9.25. The molecule has 1 aromatic rings. The van der Waals surface area contributed by atoms with E-state index in [1.54, 1.807) is 0 Å². The molecule has 1 aromatic carbocycles. The quantitative estimate of drug-likeness (QED) is 0.793. The summed E-state index contributed by atoms with van der Waals surface area (Å²) in [5, 5.41) is 12.9. The Morgan fingerprint density at radius 1 is 1.50 bits per heavy atom. The highest BCUT2D eigenvalue weighted by Crippen LogP contribution is 2.28. The van der Waals surface area contributed by atoms with Gasteiger partial charge in [-0.2, -0.15) is 5.26 Å². The van der Waals surface area contributed by atoms with Gasteiger partial charge in [0.15, 0.2) is 0 Å². The van der Waals surface area contributed by atoms with E-state index in [1.807, 2.05) is 25.6 Å². The van der Waals surface area contributed by atoms with Gasteiger partial charge in [-0.25, -0.2) is 0 Å². The van der Waals surface area contributed by atoms with Crippen molar-refractivity contribution >= 4 is 11.8 Å². The molecule has 1 rings (SSSR count). The number of benzene rings is 1. The zero-order valence-electron chi connectivity index (χ0n) is 11.7. The van der Waals surface area contributed by atoms with Crippen LogP contribution in [0.1, 0.15) is 32.8 Å². The van der Waals surface area contributed by atoms with E-state index in [2.05, 4.69) is 49.5 Å². The van der Waals surface area contributed by atoms with Gasteiger partial charge < -0.3 is 0 Å². The van der Waals surface area contributed by atoms with E-state index in [0.29, 0.717) is 5.25 Å². The van der Waals surface area contributed by atoms with Crippen molar-refractivity contribution in [2.45, 2.75) is 49.8 Å². The van der Waals surface area contributed by atoms with Crippen molar-refractivity contribution < 1.29 is 0 Å². The maximum Gasteiger partial charge on any atom is 0.104 e. The molecular formula is C15H22N2S. The Kier molecular flexibility index (Phi) is 5.71. The third kappa shape index (κ3) is 4.72. The summed E-state index contributed by atoms with van der Waals surface area (Å²) in [5.74, 6) is 0. The summed E-state index contributed by atoms with van der Waals surface area (Å²) >= 11 is 1.83. The van der Waals surface area contributed by atoms with Crippen molar-refractivity contribution in [2.24, 2.45) is 0 Å². The highest BCUT2D eigenvalue weighted by molar-refractivity contribution is 7.99. The van der Waals surface area contributed by atoms with Crippen molar-refractivity contribution in [3.63, 3.8) is 0 Å². The minimum Gasteiger partial charge on any atom is -0.300 e. The molecule has 2 nitrogen and oxygen atoms in total. The van der Waals surface area contributed by atoms with Gasteiger partial charge in [-0.15, -0.1) is 11.8 Å². The third-order valence-electron chi connectivity index (χ3n) is 2.84. The Morgan fingerprint density at radius 2 is 2.22 bits per heavy atom. The van der Waals surface area contributed by atoms with E-state index < -0.39 is 5.54 Å². The van der Waals surface area contributed by atoms with Gasteiger partial charge in [0.2, 0.25) is 0 Å². The van der Waals surface area contributed by atoms with Gasteiger partial charge >= 0.3 is 0 Å². The Labute approximate surface area is 115 Å². The fourth-order valence-corrected chi connectivity index (χ4v) is 3.38.